The molecule has 4 atom stereocenters. The van der Waals surface area contributed by atoms with Gasteiger partial charge in [0.2, 0.25) is 5.91 Å². The average Bonchev–Trinajstić information content (AvgIpc) is 3.16. The van der Waals surface area contributed by atoms with E-state index in [0.717, 1.165) is 50.3 Å². The number of carbonyl (C=O) groups excluding carboxylic acids is 2. The Morgan fingerprint density at radius 3 is 2.71 bits per heavy atom. The topological polar surface area (TPSA) is 74.7 Å². The maximum Gasteiger partial charge on any atom is 0.255 e. The Labute approximate surface area is 200 Å². The van der Waals surface area contributed by atoms with Crippen LogP contribution in [-0.4, -0.2) is 58.4 Å². The number of hydrogen-bond acceptors (Lipinski definition) is 4. The summed E-state index contributed by atoms with van der Waals surface area (Å²) in [4.78, 5) is 42.7. The number of piperidine rings is 1. The van der Waals surface area contributed by atoms with Gasteiger partial charge in [-0.15, -0.1) is 0 Å². The van der Waals surface area contributed by atoms with Gasteiger partial charge in [-0.3, -0.25) is 14.4 Å². The van der Waals surface area contributed by atoms with Crippen LogP contribution in [0.5, 0.6) is 0 Å². The Morgan fingerprint density at radius 1 is 1.09 bits per heavy atom. The van der Waals surface area contributed by atoms with E-state index in [-0.39, 0.29) is 23.3 Å². The normalized spacial score (nSPS) is 23.2. The van der Waals surface area contributed by atoms with E-state index in [1.165, 1.54) is 0 Å². The van der Waals surface area contributed by atoms with Crippen LogP contribution in [0.3, 0.4) is 0 Å². The van der Waals surface area contributed by atoms with Crippen molar-refractivity contribution in [2.24, 2.45) is 11.8 Å². The van der Waals surface area contributed by atoms with Gasteiger partial charge in [-0.05, 0) is 36.0 Å². The van der Waals surface area contributed by atoms with E-state index < -0.39 is 6.04 Å². The van der Waals surface area contributed by atoms with E-state index in [9.17, 15) is 14.4 Å². The summed E-state index contributed by atoms with van der Waals surface area (Å²) in [5.41, 5.74) is 2.94. The number of carbonyl (C=O) groups is 2. The van der Waals surface area contributed by atoms with Gasteiger partial charge in [0.05, 0.1) is 0 Å². The van der Waals surface area contributed by atoms with Gasteiger partial charge in [0, 0.05) is 62.5 Å². The second-order valence-electron chi connectivity index (χ2n) is 10.2. The van der Waals surface area contributed by atoms with Gasteiger partial charge >= 0.3 is 0 Å². The maximum absolute atomic E-state index is 13.3. The molecule has 2 bridgehead atoms. The lowest BCUT2D eigenvalue weighted by Gasteiger charge is -2.42. The maximum atomic E-state index is 13.3. The second-order valence-corrected chi connectivity index (χ2v) is 10.2. The van der Waals surface area contributed by atoms with E-state index in [1.807, 2.05) is 41.8 Å². The summed E-state index contributed by atoms with van der Waals surface area (Å²) < 4.78 is 1.94. The first-order chi connectivity index (χ1) is 16.5. The zero-order valence-electron chi connectivity index (χ0n) is 20.1. The number of likely N-dealkylation sites (tertiary alicyclic amines) is 1. The molecule has 5 rings (SSSR count). The monoisotopic (exact) mass is 462 g/mol. The molecular weight excluding hydrogens is 428 g/mol. The fraction of sp³-hybridized carbons (Fsp3) is 0.519. The Kier molecular flexibility index (Phi) is 6.30. The summed E-state index contributed by atoms with van der Waals surface area (Å²) in [6.07, 6.45) is 1.95. The third kappa shape index (κ3) is 4.17. The van der Waals surface area contributed by atoms with Crippen LogP contribution in [0.1, 0.15) is 54.2 Å². The van der Waals surface area contributed by atoms with Crippen LogP contribution in [0.15, 0.2) is 47.3 Å². The van der Waals surface area contributed by atoms with Crippen molar-refractivity contribution >= 4 is 11.8 Å². The molecule has 2 amide bonds. The zero-order valence-corrected chi connectivity index (χ0v) is 20.1. The van der Waals surface area contributed by atoms with E-state index >= 15 is 0 Å². The van der Waals surface area contributed by atoms with Crippen LogP contribution < -0.4 is 10.9 Å². The summed E-state index contributed by atoms with van der Waals surface area (Å²) in [6, 6.07) is 12.8. The molecule has 0 spiro atoms. The molecule has 1 N–H and O–H groups in total. The lowest BCUT2D eigenvalue weighted by molar-refractivity contribution is -0.127. The summed E-state index contributed by atoms with van der Waals surface area (Å²) in [7, 11) is 0. The number of nitrogens with one attached hydrogen (secondary N) is 1. The van der Waals surface area contributed by atoms with Crippen molar-refractivity contribution in [1.82, 2.24) is 19.7 Å². The van der Waals surface area contributed by atoms with Crippen LogP contribution in [0, 0.1) is 11.8 Å². The number of fused-ring (bicyclic) bond motifs is 5. The zero-order chi connectivity index (χ0) is 23.8. The average molecular weight is 463 g/mol. The number of benzene rings is 1. The minimum Gasteiger partial charge on any atom is -0.353 e. The largest absolute Gasteiger partial charge is 0.353 e. The van der Waals surface area contributed by atoms with Gasteiger partial charge < -0.3 is 19.7 Å². The summed E-state index contributed by atoms with van der Waals surface area (Å²) >= 11 is 0. The number of aromatic nitrogens is 1. The SMILES string of the molecule is CCC(C)C(C(=O)NCCN1CC2CC(C1)c1cccc(=O)n1C2)N1Cc2ccccc2C1=O. The highest BCUT2D eigenvalue weighted by atomic mass is 16.2. The predicted molar refractivity (Wildman–Crippen MR) is 131 cm³/mol. The van der Waals surface area contributed by atoms with Gasteiger partial charge in [-0.1, -0.05) is 44.5 Å². The number of pyridine rings is 1. The molecule has 0 radical (unpaired) electrons. The van der Waals surface area contributed by atoms with E-state index in [0.29, 0.717) is 30.5 Å². The second kappa shape index (κ2) is 9.37. The fourth-order valence-electron chi connectivity index (χ4n) is 6.05. The molecule has 2 aromatic rings. The van der Waals surface area contributed by atoms with Gasteiger partial charge in [0.15, 0.2) is 0 Å². The fourth-order valence-corrected chi connectivity index (χ4v) is 6.05. The molecular formula is C27H34N4O3. The number of nitrogens with zero attached hydrogens (tertiary/aromatic N) is 3. The number of amides is 2. The van der Waals surface area contributed by atoms with Crippen molar-refractivity contribution in [2.45, 2.75) is 51.7 Å². The molecule has 180 valence electrons. The first-order valence-corrected chi connectivity index (χ1v) is 12.5. The molecule has 3 aliphatic heterocycles. The van der Waals surface area contributed by atoms with Gasteiger partial charge in [-0.25, -0.2) is 0 Å². The van der Waals surface area contributed by atoms with Crippen molar-refractivity contribution in [3.05, 3.63) is 69.6 Å². The minimum absolute atomic E-state index is 0.0474. The van der Waals surface area contributed by atoms with E-state index in [2.05, 4.69) is 23.2 Å². The smallest absolute Gasteiger partial charge is 0.255 e. The van der Waals surface area contributed by atoms with E-state index in [1.54, 1.807) is 11.0 Å². The molecule has 4 unspecified atom stereocenters. The highest BCUT2D eigenvalue weighted by Gasteiger charge is 2.39. The van der Waals surface area contributed by atoms with Crippen molar-refractivity contribution in [3.8, 4) is 0 Å². The minimum atomic E-state index is -0.468. The molecule has 7 heteroatoms. The van der Waals surface area contributed by atoms with Crippen LogP contribution in [0.25, 0.3) is 0 Å². The molecule has 1 aromatic heterocycles. The molecule has 7 nitrogen and oxygen atoms in total. The highest BCUT2D eigenvalue weighted by Crippen LogP contribution is 2.34. The first-order valence-electron chi connectivity index (χ1n) is 12.5. The van der Waals surface area contributed by atoms with Crippen molar-refractivity contribution < 1.29 is 9.59 Å². The summed E-state index contributed by atoms with van der Waals surface area (Å²) in [6.45, 7) is 8.57. The summed E-state index contributed by atoms with van der Waals surface area (Å²) in [5, 5.41) is 3.13. The highest BCUT2D eigenvalue weighted by molar-refractivity contribution is 6.01. The predicted octanol–water partition coefficient (Wildman–Crippen LogP) is 2.45. The molecule has 4 heterocycles. The lowest BCUT2D eigenvalue weighted by atomic mass is 9.83. The Bertz CT molecular complexity index is 1140. The quantitative estimate of drug-likeness (QED) is 0.686. The molecule has 1 aromatic carbocycles. The molecule has 1 fully saturated rings. The van der Waals surface area contributed by atoms with Crippen LogP contribution in [0.4, 0.5) is 0 Å². The molecule has 34 heavy (non-hydrogen) atoms. The van der Waals surface area contributed by atoms with Crippen LogP contribution in [-0.2, 0) is 17.9 Å². The molecule has 0 saturated carbocycles. The molecule has 1 saturated heterocycles. The first kappa shape index (κ1) is 22.8. The Hall–Kier alpha value is -2.93. The third-order valence-corrected chi connectivity index (χ3v) is 7.92. The van der Waals surface area contributed by atoms with Gasteiger partial charge in [0.1, 0.15) is 6.04 Å². The molecule has 0 aliphatic carbocycles. The van der Waals surface area contributed by atoms with Gasteiger partial charge in [-0.2, -0.15) is 0 Å². The molecule has 3 aliphatic rings. The van der Waals surface area contributed by atoms with Crippen molar-refractivity contribution in [1.29, 1.82) is 0 Å². The third-order valence-electron chi connectivity index (χ3n) is 7.92. The number of hydrogen-bond donors (Lipinski definition) is 1. The van der Waals surface area contributed by atoms with E-state index in [4.69, 9.17) is 0 Å². The van der Waals surface area contributed by atoms with Crippen molar-refractivity contribution in [2.75, 3.05) is 26.2 Å². The summed E-state index contributed by atoms with van der Waals surface area (Å²) in [5.74, 6) is 0.794. The van der Waals surface area contributed by atoms with Crippen LogP contribution >= 0.6 is 0 Å². The number of rotatable bonds is 7. The standard InChI is InChI=1S/C27H34N4O3/c1-3-18(2)25(31-17-20-7-4-5-8-22(20)27(31)34)26(33)28-11-12-29-14-19-13-21(16-29)23-9-6-10-24(32)30(23)15-19/h4-10,18-19,21,25H,3,11-17H2,1-2H3,(H,28,33). The lowest BCUT2D eigenvalue weighted by Crippen LogP contribution is -2.52. The van der Waals surface area contributed by atoms with Crippen molar-refractivity contribution in [3.63, 3.8) is 0 Å². The Balaban J connectivity index is 1.21. The Morgan fingerprint density at radius 2 is 1.91 bits per heavy atom. The van der Waals surface area contributed by atoms with Crippen LogP contribution in [0.2, 0.25) is 0 Å². The van der Waals surface area contributed by atoms with Gasteiger partial charge in [0.25, 0.3) is 11.5 Å².